The smallest absolute Gasteiger partial charge is 0.260 e. The van der Waals surface area contributed by atoms with Crippen molar-refractivity contribution in [1.29, 1.82) is 0 Å². The molecule has 4 nitrogen and oxygen atoms in total. The number of aliphatic imine (C=N–C) groups is 2. The molecule has 0 spiro atoms. The Balaban J connectivity index is 1.65. The van der Waals surface area contributed by atoms with Crippen molar-refractivity contribution in [3.05, 3.63) is 23.8 Å². The molecule has 2 heterocycles. The summed E-state index contributed by atoms with van der Waals surface area (Å²) in [4.78, 5) is 20.8. The van der Waals surface area contributed by atoms with Gasteiger partial charge in [0.25, 0.3) is 5.91 Å². The Kier molecular flexibility index (Phi) is 4.17. The van der Waals surface area contributed by atoms with Gasteiger partial charge in [0.2, 0.25) is 0 Å². The second-order valence-corrected chi connectivity index (χ2v) is 6.52. The number of ether oxygens (including phenoxy) is 1. The number of amides is 1. The monoisotopic (exact) mass is 290 g/mol. The van der Waals surface area contributed by atoms with E-state index in [0.717, 1.165) is 37.3 Å². The second-order valence-electron chi connectivity index (χ2n) is 5.23. The molecule has 0 aromatic heterocycles. The number of nitrogens with zero attached hydrogens (tertiary/aromatic N) is 2. The van der Waals surface area contributed by atoms with Crippen LogP contribution in [-0.2, 0) is 9.53 Å². The first-order valence-electron chi connectivity index (χ1n) is 6.98. The summed E-state index contributed by atoms with van der Waals surface area (Å²) in [5, 5.41) is 0.600. The SMILES string of the molecule is CC1=CC=CC2=NC(CSC3CCOCC3)=NC(=O)C12. The third-order valence-electron chi connectivity index (χ3n) is 3.74. The van der Waals surface area contributed by atoms with Crippen molar-refractivity contribution in [2.24, 2.45) is 15.9 Å². The van der Waals surface area contributed by atoms with Crippen LogP contribution in [0.3, 0.4) is 0 Å². The minimum absolute atomic E-state index is 0.0734. The molecule has 1 aliphatic carbocycles. The Morgan fingerprint density at radius 1 is 1.35 bits per heavy atom. The number of hydrogen-bond acceptors (Lipinski definition) is 4. The summed E-state index contributed by atoms with van der Waals surface area (Å²) in [6.45, 7) is 3.64. The van der Waals surface area contributed by atoms with Crippen LogP contribution in [0.25, 0.3) is 0 Å². The first kappa shape index (κ1) is 13.8. The highest BCUT2D eigenvalue weighted by Crippen LogP contribution is 2.26. The number of fused-ring (bicyclic) bond motifs is 1. The fraction of sp³-hybridized carbons (Fsp3) is 0.533. The Morgan fingerprint density at radius 2 is 2.15 bits per heavy atom. The summed E-state index contributed by atoms with van der Waals surface area (Å²) in [6.07, 6.45) is 7.98. The lowest BCUT2D eigenvalue weighted by molar-refractivity contribution is -0.118. The van der Waals surface area contributed by atoms with E-state index in [1.807, 2.05) is 36.9 Å². The Hall–Kier alpha value is -1.20. The molecule has 0 N–H and O–H groups in total. The van der Waals surface area contributed by atoms with Crippen LogP contribution in [0.4, 0.5) is 0 Å². The van der Waals surface area contributed by atoms with Gasteiger partial charge >= 0.3 is 0 Å². The molecule has 3 aliphatic rings. The second kappa shape index (κ2) is 6.06. The normalized spacial score (nSPS) is 26.8. The molecule has 1 amide bonds. The number of thioether (sulfide) groups is 1. The fourth-order valence-corrected chi connectivity index (χ4v) is 3.65. The highest BCUT2D eigenvalue weighted by molar-refractivity contribution is 8.00. The summed E-state index contributed by atoms with van der Waals surface area (Å²) in [7, 11) is 0. The van der Waals surface area contributed by atoms with Gasteiger partial charge in [0.05, 0.1) is 11.5 Å². The molecular formula is C15H18N2O2S. The van der Waals surface area contributed by atoms with Gasteiger partial charge in [-0.3, -0.25) is 4.79 Å². The molecule has 1 fully saturated rings. The van der Waals surface area contributed by atoms with E-state index in [-0.39, 0.29) is 11.8 Å². The van der Waals surface area contributed by atoms with Crippen LogP contribution in [0.2, 0.25) is 0 Å². The Bertz CT molecular complexity index is 528. The maximum absolute atomic E-state index is 12.1. The quantitative estimate of drug-likeness (QED) is 0.802. The highest BCUT2D eigenvalue weighted by atomic mass is 32.2. The predicted molar refractivity (Wildman–Crippen MR) is 82.6 cm³/mol. The first-order valence-corrected chi connectivity index (χ1v) is 8.03. The molecule has 0 bridgehead atoms. The molecule has 1 unspecified atom stereocenters. The van der Waals surface area contributed by atoms with Crippen LogP contribution in [0.5, 0.6) is 0 Å². The molecule has 5 heteroatoms. The van der Waals surface area contributed by atoms with Crippen LogP contribution in [0, 0.1) is 5.92 Å². The van der Waals surface area contributed by atoms with E-state index in [2.05, 4.69) is 9.98 Å². The number of carbonyl (C=O) groups is 1. The van der Waals surface area contributed by atoms with Crippen LogP contribution in [0.15, 0.2) is 33.8 Å². The van der Waals surface area contributed by atoms with Gasteiger partial charge in [-0.15, -0.1) is 0 Å². The highest BCUT2D eigenvalue weighted by Gasteiger charge is 2.30. The summed E-state index contributed by atoms with van der Waals surface area (Å²) in [5.41, 5.74) is 1.86. The zero-order valence-electron chi connectivity index (χ0n) is 11.5. The standard InChI is InChI=1S/C15H18N2O2S/c1-10-3-2-4-12-14(10)15(18)17-13(16-12)9-20-11-5-7-19-8-6-11/h2-4,11,14H,5-9H2,1H3. The number of carbonyl (C=O) groups excluding carboxylic acids is 1. The van der Waals surface area contributed by atoms with Gasteiger partial charge in [-0.1, -0.05) is 17.7 Å². The van der Waals surface area contributed by atoms with Crippen molar-refractivity contribution in [2.75, 3.05) is 19.0 Å². The van der Waals surface area contributed by atoms with Crippen molar-refractivity contribution in [3.8, 4) is 0 Å². The molecule has 0 aromatic carbocycles. The number of allylic oxidation sites excluding steroid dienone is 3. The van der Waals surface area contributed by atoms with Gasteiger partial charge in [0, 0.05) is 18.5 Å². The van der Waals surface area contributed by atoms with E-state index in [1.54, 1.807) is 0 Å². The maximum Gasteiger partial charge on any atom is 0.260 e. The molecule has 106 valence electrons. The molecule has 0 aromatic rings. The summed E-state index contributed by atoms with van der Waals surface area (Å²) in [5.74, 6) is 1.05. The minimum Gasteiger partial charge on any atom is -0.381 e. The van der Waals surface area contributed by atoms with Gasteiger partial charge in [-0.2, -0.15) is 16.8 Å². The van der Waals surface area contributed by atoms with Gasteiger partial charge in [-0.05, 0) is 25.8 Å². The molecule has 1 atom stereocenters. The van der Waals surface area contributed by atoms with E-state index in [9.17, 15) is 4.79 Å². The Morgan fingerprint density at radius 3 is 2.95 bits per heavy atom. The lowest BCUT2D eigenvalue weighted by Crippen LogP contribution is -2.30. The van der Waals surface area contributed by atoms with Crippen LogP contribution in [0.1, 0.15) is 19.8 Å². The summed E-state index contributed by atoms with van der Waals surface area (Å²) in [6, 6.07) is 0. The zero-order chi connectivity index (χ0) is 13.9. The first-order chi connectivity index (χ1) is 9.74. The van der Waals surface area contributed by atoms with Crippen LogP contribution in [-0.4, -0.2) is 41.7 Å². The number of rotatable bonds is 3. The minimum atomic E-state index is -0.253. The lowest BCUT2D eigenvalue weighted by Gasteiger charge is -2.23. The van der Waals surface area contributed by atoms with Crippen molar-refractivity contribution >= 4 is 29.2 Å². The lowest BCUT2D eigenvalue weighted by atomic mass is 9.89. The number of hydrogen-bond donors (Lipinski definition) is 0. The third kappa shape index (κ3) is 2.94. The molecule has 0 saturated carbocycles. The zero-order valence-corrected chi connectivity index (χ0v) is 12.4. The van der Waals surface area contributed by atoms with E-state index in [0.29, 0.717) is 16.8 Å². The molecule has 1 saturated heterocycles. The van der Waals surface area contributed by atoms with E-state index >= 15 is 0 Å². The number of amidine groups is 1. The molecule has 3 rings (SSSR count). The van der Waals surface area contributed by atoms with Gasteiger partial charge in [0.15, 0.2) is 0 Å². The molecule has 0 radical (unpaired) electrons. The van der Waals surface area contributed by atoms with Crippen LogP contribution >= 0.6 is 11.8 Å². The molecule has 20 heavy (non-hydrogen) atoms. The van der Waals surface area contributed by atoms with Crippen molar-refractivity contribution in [2.45, 2.75) is 25.0 Å². The fourth-order valence-electron chi connectivity index (χ4n) is 2.61. The Labute approximate surface area is 123 Å². The van der Waals surface area contributed by atoms with E-state index in [1.165, 1.54) is 0 Å². The average molecular weight is 290 g/mol. The van der Waals surface area contributed by atoms with Crippen molar-refractivity contribution in [3.63, 3.8) is 0 Å². The molecular weight excluding hydrogens is 272 g/mol. The van der Waals surface area contributed by atoms with Gasteiger partial charge in [-0.25, -0.2) is 4.99 Å². The topological polar surface area (TPSA) is 51.0 Å². The maximum atomic E-state index is 12.1. The van der Waals surface area contributed by atoms with Gasteiger partial charge in [0.1, 0.15) is 11.8 Å². The average Bonchev–Trinajstić information content (AvgIpc) is 2.46. The van der Waals surface area contributed by atoms with E-state index in [4.69, 9.17) is 4.74 Å². The largest absolute Gasteiger partial charge is 0.381 e. The summed E-state index contributed by atoms with van der Waals surface area (Å²) >= 11 is 1.84. The van der Waals surface area contributed by atoms with Crippen molar-refractivity contribution < 1.29 is 9.53 Å². The van der Waals surface area contributed by atoms with E-state index < -0.39 is 0 Å². The third-order valence-corrected chi connectivity index (χ3v) is 5.11. The van der Waals surface area contributed by atoms with Crippen molar-refractivity contribution in [1.82, 2.24) is 0 Å². The summed E-state index contributed by atoms with van der Waals surface area (Å²) < 4.78 is 5.35. The predicted octanol–water partition coefficient (Wildman–Crippen LogP) is 2.41. The van der Waals surface area contributed by atoms with Crippen LogP contribution < -0.4 is 0 Å². The van der Waals surface area contributed by atoms with Gasteiger partial charge < -0.3 is 4.74 Å². The molecule has 2 aliphatic heterocycles.